The summed E-state index contributed by atoms with van der Waals surface area (Å²) in [4.78, 5) is 12.3. The van der Waals surface area contributed by atoms with Crippen molar-refractivity contribution in [2.45, 2.75) is 45.8 Å². The summed E-state index contributed by atoms with van der Waals surface area (Å²) >= 11 is 0. The quantitative estimate of drug-likeness (QED) is 0.817. The van der Waals surface area contributed by atoms with Gasteiger partial charge in [-0.3, -0.25) is 0 Å². The lowest BCUT2D eigenvalue weighted by molar-refractivity contribution is 0.119. The standard InChI is InChI=1S/C19H28N2O2/c1-13(2)17-15(9-10-23-17)12-20-18(22)21-19(4,5)16-8-6-7-14(3)11-16/h6-8,11,15,17H,1,9-10,12H2,2-5H3,(H2,20,21,22). The highest BCUT2D eigenvalue weighted by atomic mass is 16.5. The molecule has 1 heterocycles. The van der Waals surface area contributed by atoms with Gasteiger partial charge in [0.25, 0.3) is 0 Å². The predicted molar refractivity (Wildman–Crippen MR) is 93.4 cm³/mol. The Morgan fingerprint density at radius 1 is 1.43 bits per heavy atom. The predicted octanol–water partition coefficient (Wildman–Crippen LogP) is 3.51. The van der Waals surface area contributed by atoms with Crippen LogP contribution in [0.2, 0.25) is 0 Å². The highest BCUT2D eigenvalue weighted by Gasteiger charge is 2.29. The number of hydrogen-bond acceptors (Lipinski definition) is 2. The summed E-state index contributed by atoms with van der Waals surface area (Å²) in [6.07, 6.45) is 1.01. The van der Waals surface area contributed by atoms with Crippen LogP contribution in [-0.2, 0) is 10.3 Å². The Balaban J connectivity index is 1.90. The molecule has 2 unspecified atom stereocenters. The van der Waals surface area contributed by atoms with Gasteiger partial charge in [-0.05, 0) is 39.7 Å². The maximum atomic E-state index is 12.3. The minimum Gasteiger partial charge on any atom is -0.374 e. The molecule has 0 radical (unpaired) electrons. The molecule has 1 aromatic carbocycles. The van der Waals surface area contributed by atoms with Gasteiger partial charge in [0.2, 0.25) is 0 Å². The molecule has 1 aliphatic heterocycles. The first-order valence-corrected chi connectivity index (χ1v) is 8.20. The molecule has 126 valence electrons. The van der Waals surface area contributed by atoms with E-state index >= 15 is 0 Å². The molecule has 23 heavy (non-hydrogen) atoms. The van der Waals surface area contributed by atoms with Crippen LogP contribution in [0.3, 0.4) is 0 Å². The summed E-state index contributed by atoms with van der Waals surface area (Å²) in [6.45, 7) is 13.4. The monoisotopic (exact) mass is 316 g/mol. The van der Waals surface area contributed by atoms with E-state index in [9.17, 15) is 4.79 Å². The molecule has 2 atom stereocenters. The number of ether oxygens (including phenoxy) is 1. The Morgan fingerprint density at radius 3 is 2.83 bits per heavy atom. The second kappa shape index (κ2) is 7.18. The third-order valence-corrected chi connectivity index (χ3v) is 4.39. The first kappa shape index (κ1) is 17.5. The summed E-state index contributed by atoms with van der Waals surface area (Å²) in [5.74, 6) is 0.306. The van der Waals surface area contributed by atoms with Crippen molar-refractivity contribution >= 4 is 6.03 Å². The lowest BCUT2D eigenvalue weighted by atomic mass is 9.93. The first-order valence-electron chi connectivity index (χ1n) is 8.20. The number of hydrogen-bond donors (Lipinski definition) is 2. The molecule has 4 heteroatoms. The van der Waals surface area contributed by atoms with Gasteiger partial charge in [0.15, 0.2) is 0 Å². The van der Waals surface area contributed by atoms with E-state index in [1.54, 1.807) is 0 Å². The van der Waals surface area contributed by atoms with Crippen molar-refractivity contribution in [3.63, 3.8) is 0 Å². The lowest BCUT2D eigenvalue weighted by Crippen LogP contribution is -2.48. The topological polar surface area (TPSA) is 50.4 Å². The summed E-state index contributed by atoms with van der Waals surface area (Å²) in [5.41, 5.74) is 2.88. The summed E-state index contributed by atoms with van der Waals surface area (Å²) in [7, 11) is 0. The Bertz CT molecular complexity index is 580. The molecule has 1 aliphatic rings. The van der Waals surface area contributed by atoms with Crippen molar-refractivity contribution in [3.05, 3.63) is 47.5 Å². The minimum absolute atomic E-state index is 0.0556. The SMILES string of the molecule is C=C(C)C1OCCC1CNC(=O)NC(C)(C)c1cccc(C)c1. The summed E-state index contributed by atoms with van der Waals surface area (Å²) < 4.78 is 5.67. The first-order chi connectivity index (χ1) is 10.8. The Kier molecular flexibility index (Phi) is 5.47. The van der Waals surface area contributed by atoms with Gasteiger partial charge in [0.05, 0.1) is 11.6 Å². The average Bonchev–Trinajstić information content (AvgIpc) is 2.93. The maximum Gasteiger partial charge on any atom is 0.315 e. The highest BCUT2D eigenvalue weighted by Crippen LogP contribution is 2.25. The van der Waals surface area contributed by atoms with Crippen LogP contribution in [0.5, 0.6) is 0 Å². The molecule has 0 bridgehead atoms. The molecular formula is C19H28N2O2. The highest BCUT2D eigenvalue weighted by molar-refractivity contribution is 5.75. The van der Waals surface area contributed by atoms with E-state index in [0.29, 0.717) is 12.5 Å². The number of carbonyl (C=O) groups is 1. The van der Waals surface area contributed by atoms with Crippen LogP contribution in [0.4, 0.5) is 4.79 Å². The Labute approximate surface area is 139 Å². The molecule has 0 saturated carbocycles. The van der Waals surface area contributed by atoms with E-state index in [-0.39, 0.29) is 12.1 Å². The fourth-order valence-electron chi connectivity index (χ4n) is 3.05. The van der Waals surface area contributed by atoms with Crippen molar-refractivity contribution in [2.24, 2.45) is 5.92 Å². The Hall–Kier alpha value is -1.81. The molecule has 0 aliphatic carbocycles. The number of aryl methyl sites for hydroxylation is 1. The van der Waals surface area contributed by atoms with Crippen molar-refractivity contribution in [2.75, 3.05) is 13.2 Å². The number of carbonyl (C=O) groups excluding carboxylic acids is 1. The number of nitrogens with one attached hydrogen (secondary N) is 2. The number of rotatable bonds is 5. The Morgan fingerprint density at radius 2 is 2.17 bits per heavy atom. The van der Waals surface area contributed by atoms with E-state index in [1.165, 1.54) is 5.56 Å². The largest absolute Gasteiger partial charge is 0.374 e. The molecular weight excluding hydrogens is 288 g/mol. The van der Waals surface area contributed by atoms with Crippen molar-refractivity contribution in [1.82, 2.24) is 10.6 Å². The van der Waals surface area contributed by atoms with Crippen LogP contribution < -0.4 is 10.6 Å². The second-order valence-electron chi connectivity index (χ2n) is 7.02. The van der Waals surface area contributed by atoms with Gasteiger partial charge >= 0.3 is 6.03 Å². The van der Waals surface area contributed by atoms with Gasteiger partial charge < -0.3 is 15.4 Å². The second-order valence-corrected chi connectivity index (χ2v) is 7.02. The van der Waals surface area contributed by atoms with E-state index in [2.05, 4.69) is 36.3 Å². The molecule has 4 nitrogen and oxygen atoms in total. The van der Waals surface area contributed by atoms with Gasteiger partial charge in [0, 0.05) is 19.1 Å². The zero-order valence-electron chi connectivity index (χ0n) is 14.6. The molecule has 2 rings (SSSR count). The maximum absolute atomic E-state index is 12.3. The zero-order chi connectivity index (χ0) is 17.0. The fraction of sp³-hybridized carbons (Fsp3) is 0.526. The van der Waals surface area contributed by atoms with Crippen LogP contribution in [-0.4, -0.2) is 25.3 Å². The molecule has 0 aromatic heterocycles. The third-order valence-electron chi connectivity index (χ3n) is 4.39. The fourth-order valence-corrected chi connectivity index (χ4v) is 3.05. The zero-order valence-corrected chi connectivity index (χ0v) is 14.6. The van der Waals surface area contributed by atoms with Gasteiger partial charge in [0.1, 0.15) is 0 Å². The normalized spacial score (nSPS) is 21.0. The molecule has 1 saturated heterocycles. The van der Waals surface area contributed by atoms with Crippen molar-refractivity contribution in [1.29, 1.82) is 0 Å². The van der Waals surface area contributed by atoms with Gasteiger partial charge in [-0.15, -0.1) is 0 Å². The van der Waals surface area contributed by atoms with Crippen LogP contribution in [0.25, 0.3) is 0 Å². The van der Waals surface area contributed by atoms with Crippen LogP contribution in [0, 0.1) is 12.8 Å². The van der Waals surface area contributed by atoms with Gasteiger partial charge in [-0.25, -0.2) is 4.79 Å². The van der Waals surface area contributed by atoms with Crippen LogP contribution in [0.15, 0.2) is 36.4 Å². The smallest absolute Gasteiger partial charge is 0.315 e. The molecule has 2 amide bonds. The van der Waals surface area contributed by atoms with Gasteiger partial charge in [-0.2, -0.15) is 0 Å². The average molecular weight is 316 g/mol. The molecule has 0 spiro atoms. The number of amides is 2. The minimum atomic E-state index is -0.421. The van der Waals surface area contributed by atoms with Gasteiger partial charge in [-0.1, -0.05) is 42.0 Å². The molecule has 2 N–H and O–H groups in total. The van der Waals surface area contributed by atoms with Crippen molar-refractivity contribution < 1.29 is 9.53 Å². The van der Waals surface area contributed by atoms with E-state index < -0.39 is 5.54 Å². The van der Waals surface area contributed by atoms with Crippen LogP contribution >= 0.6 is 0 Å². The lowest BCUT2D eigenvalue weighted by Gasteiger charge is -2.28. The summed E-state index contributed by atoms with van der Waals surface area (Å²) in [5, 5.41) is 6.03. The number of benzene rings is 1. The van der Waals surface area contributed by atoms with E-state index in [1.807, 2.05) is 32.9 Å². The van der Waals surface area contributed by atoms with E-state index in [0.717, 1.165) is 24.2 Å². The molecule has 1 aromatic rings. The van der Waals surface area contributed by atoms with E-state index in [4.69, 9.17) is 4.74 Å². The number of urea groups is 1. The molecule has 1 fully saturated rings. The third kappa shape index (κ3) is 4.58. The summed E-state index contributed by atoms with van der Waals surface area (Å²) in [6, 6.07) is 8.05. The van der Waals surface area contributed by atoms with Crippen LogP contribution in [0.1, 0.15) is 38.3 Å². The van der Waals surface area contributed by atoms with Crippen molar-refractivity contribution in [3.8, 4) is 0 Å².